The van der Waals surface area contributed by atoms with E-state index in [-0.39, 0.29) is 18.1 Å². The first-order valence-corrected chi connectivity index (χ1v) is 6.54. The Morgan fingerprint density at radius 1 is 1.28 bits per heavy atom. The fraction of sp³-hybridized carbons (Fsp3) is 0.846. The number of carboxylic acids is 1. The van der Waals surface area contributed by atoms with Gasteiger partial charge in [-0.05, 0) is 39.5 Å². The number of fused-ring (bicyclic) bond motifs is 1. The van der Waals surface area contributed by atoms with Crippen LogP contribution in [0.2, 0.25) is 0 Å². The van der Waals surface area contributed by atoms with Crippen LogP contribution in [0.25, 0.3) is 0 Å². The maximum Gasteiger partial charge on any atom is 0.410 e. The highest BCUT2D eigenvalue weighted by Crippen LogP contribution is 2.48. The molecule has 0 bridgehead atoms. The highest BCUT2D eigenvalue weighted by molar-refractivity contribution is 5.78. The van der Waals surface area contributed by atoms with Gasteiger partial charge < -0.3 is 14.7 Å². The smallest absolute Gasteiger partial charge is 0.410 e. The van der Waals surface area contributed by atoms with Gasteiger partial charge in [0.2, 0.25) is 0 Å². The molecule has 0 aromatic rings. The number of aliphatic carboxylic acids is 1. The van der Waals surface area contributed by atoms with E-state index < -0.39 is 17.5 Å². The maximum atomic E-state index is 12.1. The number of nitrogens with zero attached hydrogens (tertiary/aromatic N) is 1. The molecule has 1 aliphatic heterocycles. The number of carboxylic acid groups (broad SMARTS) is 1. The Labute approximate surface area is 107 Å². The molecule has 1 heterocycles. The Hall–Kier alpha value is -1.26. The standard InChI is InChI=1S/C13H21NO4/c1-13(2,3)18-12(17)14-7-5-4-6-8-9(10(8)14)11(15)16/h8-10H,4-7H2,1-3H3,(H,15,16)/t8-,9+,10-/m1/s1. The molecule has 2 rings (SSSR count). The number of carbonyl (C=O) groups is 2. The molecule has 0 aromatic carbocycles. The van der Waals surface area contributed by atoms with Gasteiger partial charge >= 0.3 is 12.1 Å². The summed E-state index contributed by atoms with van der Waals surface area (Å²) in [5.74, 6) is -1.06. The second-order valence-electron chi connectivity index (χ2n) is 6.19. The summed E-state index contributed by atoms with van der Waals surface area (Å²) < 4.78 is 5.35. The summed E-state index contributed by atoms with van der Waals surface area (Å²) >= 11 is 0. The van der Waals surface area contributed by atoms with E-state index in [1.165, 1.54) is 0 Å². The van der Waals surface area contributed by atoms with E-state index in [4.69, 9.17) is 9.84 Å². The summed E-state index contributed by atoms with van der Waals surface area (Å²) in [5, 5.41) is 9.13. The Kier molecular flexibility index (Phi) is 3.25. The summed E-state index contributed by atoms with van der Waals surface area (Å²) in [6, 6.07) is -0.153. The van der Waals surface area contributed by atoms with Crippen LogP contribution in [-0.4, -0.2) is 40.3 Å². The summed E-state index contributed by atoms with van der Waals surface area (Å²) in [6.45, 7) is 6.07. The van der Waals surface area contributed by atoms with Crippen molar-refractivity contribution in [3.05, 3.63) is 0 Å². The highest BCUT2D eigenvalue weighted by atomic mass is 16.6. The van der Waals surface area contributed by atoms with Crippen LogP contribution in [0.4, 0.5) is 4.79 Å². The van der Waals surface area contributed by atoms with Crippen LogP contribution in [0, 0.1) is 11.8 Å². The summed E-state index contributed by atoms with van der Waals surface area (Å²) in [7, 11) is 0. The quantitative estimate of drug-likeness (QED) is 0.779. The van der Waals surface area contributed by atoms with E-state index in [1.54, 1.807) is 4.90 Å². The van der Waals surface area contributed by atoms with Crippen molar-refractivity contribution in [1.82, 2.24) is 4.90 Å². The summed E-state index contributed by atoms with van der Waals surface area (Å²) in [5.41, 5.74) is -0.535. The van der Waals surface area contributed by atoms with Gasteiger partial charge in [-0.3, -0.25) is 4.79 Å². The van der Waals surface area contributed by atoms with Crippen LogP contribution in [0.15, 0.2) is 0 Å². The fourth-order valence-electron chi connectivity index (χ4n) is 2.81. The zero-order valence-electron chi connectivity index (χ0n) is 11.2. The average Bonchev–Trinajstić information content (AvgIpc) is 2.87. The third-order valence-corrected chi connectivity index (χ3v) is 3.59. The van der Waals surface area contributed by atoms with Crippen molar-refractivity contribution in [2.24, 2.45) is 11.8 Å². The third kappa shape index (κ3) is 2.60. The number of hydrogen-bond donors (Lipinski definition) is 1. The van der Waals surface area contributed by atoms with Crippen molar-refractivity contribution < 1.29 is 19.4 Å². The van der Waals surface area contributed by atoms with Crippen LogP contribution in [0.3, 0.4) is 0 Å². The van der Waals surface area contributed by atoms with E-state index in [1.807, 2.05) is 20.8 Å². The predicted molar refractivity (Wildman–Crippen MR) is 65.2 cm³/mol. The lowest BCUT2D eigenvalue weighted by Crippen LogP contribution is -2.40. The molecule has 0 aromatic heterocycles. The molecule has 1 aliphatic carbocycles. The second kappa shape index (κ2) is 4.44. The summed E-state index contributed by atoms with van der Waals surface area (Å²) in [6.07, 6.45) is 2.45. The monoisotopic (exact) mass is 255 g/mol. The lowest BCUT2D eigenvalue weighted by Gasteiger charge is -2.27. The van der Waals surface area contributed by atoms with Crippen molar-refractivity contribution in [3.8, 4) is 0 Å². The van der Waals surface area contributed by atoms with Gasteiger partial charge in [0.1, 0.15) is 5.60 Å². The van der Waals surface area contributed by atoms with E-state index in [0.717, 1.165) is 19.3 Å². The first kappa shape index (κ1) is 13.2. The van der Waals surface area contributed by atoms with Crippen LogP contribution in [0.1, 0.15) is 40.0 Å². The van der Waals surface area contributed by atoms with E-state index in [9.17, 15) is 9.59 Å². The average molecular weight is 255 g/mol. The van der Waals surface area contributed by atoms with Crippen molar-refractivity contribution >= 4 is 12.1 Å². The Morgan fingerprint density at radius 2 is 1.94 bits per heavy atom. The molecule has 1 saturated carbocycles. The van der Waals surface area contributed by atoms with Crippen LogP contribution >= 0.6 is 0 Å². The number of rotatable bonds is 1. The van der Waals surface area contributed by atoms with Gasteiger partial charge in [0, 0.05) is 6.54 Å². The van der Waals surface area contributed by atoms with Gasteiger partial charge in [-0.1, -0.05) is 6.42 Å². The number of hydrogen-bond acceptors (Lipinski definition) is 3. The molecule has 2 fully saturated rings. The van der Waals surface area contributed by atoms with Gasteiger partial charge in [0.05, 0.1) is 12.0 Å². The number of carbonyl (C=O) groups excluding carboxylic acids is 1. The largest absolute Gasteiger partial charge is 0.481 e. The first-order valence-electron chi connectivity index (χ1n) is 6.54. The third-order valence-electron chi connectivity index (χ3n) is 3.59. The number of amides is 1. The highest BCUT2D eigenvalue weighted by Gasteiger charge is 2.59. The Morgan fingerprint density at radius 3 is 2.50 bits per heavy atom. The first-order chi connectivity index (χ1) is 8.31. The van der Waals surface area contributed by atoms with Crippen LogP contribution in [0.5, 0.6) is 0 Å². The van der Waals surface area contributed by atoms with Gasteiger partial charge in [-0.15, -0.1) is 0 Å². The van der Waals surface area contributed by atoms with Gasteiger partial charge in [-0.25, -0.2) is 4.79 Å². The van der Waals surface area contributed by atoms with Crippen molar-refractivity contribution in [3.63, 3.8) is 0 Å². The Balaban J connectivity index is 2.06. The molecule has 102 valence electrons. The molecular formula is C13H21NO4. The second-order valence-corrected chi connectivity index (χ2v) is 6.19. The molecular weight excluding hydrogens is 234 g/mol. The molecule has 1 N–H and O–H groups in total. The van der Waals surface area contributed by atoms with Crippen LogP contribution in [-0.2, 0) is 9.53 Å². The molecule has 3 atom stereocenters. The van der Waals surface area contributed by atoms with E-state index in [2.05, 4.69) is 0 Å². The molecule has 0 unspecified atom stereocenters. The molecule has 1 amide bonds. The maximum absolute atomic E-state index is 12.1. The minimum absolute atomic E-state index is 0.123. The predicted octanol–water partition coefficient (Wildman–Crippen LogP) is 2.11. The van der Waals surface area contributed by atoms with Crippen molar-refractivity contribution in [2.75, 3.05) is 6.54 Å². The Bertz CT molecular complexity index is 360. The number of ether oxygens (including phenoxy) is 1. The van der Waals surface area contributed by atoms with Gasteiger partial charge in [0.15, 0.2) is 0 Å². The topological polar surface area (TPSA) is 66.8 Å². The minimum Gasteiger partial charge on any atom is -0.481 e. The van der Waals surface area contributed by atoms with Crippen LogP contribution < -0.4 is 0 Å². The van der Waals surface area contributed by atoms with Crippen molar-refractivity contribution in [1.29, 1.82) is 0 Å². The molecule has 1 saturated heterocycles. The normalized spacial score (nSPS) is 31.3. The fourth-order valence-corrected chi connectivity index (χ4v) is 2.81. The minimum atomic E-state index is -0.791. The number of likely N-dealkylation sites (tertiary alicyclic amines) is 1. The van der Waals surface area contributed by atoms with Gasteiger partial charge in [-0.2, -0.15) is 0 Å². The zero-order valence-corrected chi connectivity index (χ0v) is 11.2. The molecule has 0 radical (unpaired) electrons. The zero-order chi connectivity index (χ0) is 13.5. The molecule has 18 heavy (non-hydrogen) atoms. The van der Waals surface area contributed by atoms with E-state index in [0.29, 0.717) is 6.54 Å². The molecule has 2 aliphatic rings. The summed E-state index contributed by atoms with van der Waals surface area (Å²) in [4.78, 5) is 24.8. The molecule has 0 spiro atoms. The lowest BCUT2D eigenvalue weighted by molar-refractivity contribution is -0.139. The molecule has 5 heteroatoms. The lowest BCUT2D eigenvalue weighted by atomic mass is 10.1. The van der Waals surface area contributed by atoms with Gasteiger partial charge in [0.25, 0.3) is 0 Å². The molecule has 5 nitrogen and oxygen atoms in total. The van der Waals surface area contributed by atoms with Crippen molar-refractivity contribution in [2.45, 2.75) is 51.7 Å². The van der Waals surface area contributed by atoms with E-state index >= 15 is 0 Å². The SMILES string of the molecule is CC(C)(C)OC(=O)N1CCCC[C@@H]2[C@H](C(=O)O)[C@@H]21.